The number of carbonyl (C=O) groups is 3. The molecule has 1 rings (SSSR count). The van der Waals surface area contributed by atoms with Crippen LogP contribution in [0.4, 0.5) is 39.5 Å². The maximum Gasteiger partial charge on any atom is 0.491 e. The van der Waals surface area contributed by atoms with Crippen molar-refractivity contribution in [2.45, 2.75) is 24.9 Å². The highest BCUT2D eigenvalue weighted by atomic mass is 127. The van der Waals surface area contributed by atoms with Crippen LogP contribution in [0.1, 0.15) is 5.56 Å². The van der Waals surface area contributed by atoms with Gasteiger partial charge in [-0.3, -0.25) is 4.79 Å². The molecule has 1 aromatic rings. The number of carbonyl (C=O) groups excluding carboxylic acids is 3. The largest absolute Gasteiger partial charge is 0.491 e. The van der Waals surface area contributed by atoms with Gasteiger partial charge in [0.1, 0.15) is 0 Å². The molecule has 0 spiro atoms. The first-order valence-corrected chi connectivity index (χ1v) is 8.02. The predicted molar refractivity (Wildman–Crippen MR) is 85.1 cm³/mol. The third-order valence-corrected chi connectivity index (χ3v) is 3.60. The molecule has 1 aromatic carbocycles. The van der Waals surface area contributed by atoms with Crippen molar-refractivity contribution in [3.63, 3.8) is 0 Å². The molecule has 0 saturated carbocycles. The zero-order valence-electron chi connectivity index (χ0n) is 13.6. The molecule has 0 bridgehead atoms. The molecule has 0 aliphatic heterocycles. The second kappa shape index (κ2) is 10.6. The average molecular weight is 553 g/mol. The van der Waals surface area contributed by atoms with Gasteiger partial charge in [0.05, 0.1) is 0 Å². The van der Waals surface area contributed by atoms with Gasteiger partial charge in [0.2, 0.25) is 0 Å². The summed E-state index contributed by atoms with van der Waals surface area (Å²) < 4.78 is 106. The van der Waals surface area contributed by atoms with Gasteiger partial charge in [-0.25, -0.2) is 9.59 Å². The highest BCUT2D eigenvalue weighted by Crippen LogP contribution is 2.21. The molecule has 1 amide bonds. The minimum atomic E-state index is -5.62. The maximum absolute atomic E-state index is 11.8. The summed E-state index contributed by atoms with van der Waals surface area (Å²) in [7, 11) is 0. The van der Waals surface area contributed by atoms with Gasteiger partial charge in [-0.05, 0) is 40.6 Å². The van der Waals surface area contributed by atoms with Crippen LogP contribution in [0.15, 0.2) is 24.3 Å². The van der Waals surface area contributed by atoms with E-state index in [4.69, 9.17) is 0 Å². The summed E-state index contributed by atoms with van der Waals surface area (Å²) in [4.78, 5) is 29.8. The predicted octanol–water partition coefficient (Wildman–Crippen LogP) is 3.69. The zero-order valence-corrected chi connectivity index (χ0v) is 15.8. The van der Waals surface area contributed by atoms with Crippen molar-refractivity contribution < 1.29 is 58.6 Å². The van der Waals surface area contributed by atoms with Crippen molar-refractivity contribution in [3.8, 4) is 0 Å². The molecular weight excluding hydrogens is 544 g/mol. The second-order valence-electron chi connectivity index (χ2n) is 4.77. The summed E-state index contributed by atoms with van der Waals surface area (Å²) in [5.74, 6) is -8.29. The van der Waals surface area contributed by atoms with Crippen LogP contribution in [0.2, 0.25) is 0 Å². The number of hydrogen-bond acceptors (Lipinski definition) is 4. The number of esters is 2. The zero-order chi connectivity index (χ0) is 23.0. The summed E-state index contributed by atoms with van der Waals surface area (Å²) in [6.07, 6.45) is -15.7. The Morgan fingerprint density at radius 1 is 0.828 bits per heavy atom. The number of hydrogen-bond donors (Lipinski definition) is 1. The Hall–Kier alpha value is -2.07. The Balaban J connectivity index is 0.000000555. The summed E-state index contributed by atoms with van der Waals surface area (Å²) in [5.41, 5.74) is 0.922. The van der Waals surface area contributed by atoms with E-state index in [1.165, 1.54) is 0 Å². The third kappa shape index (κ3) is 10.9. The molecule has 15 heteroatoms. The molecule has 0 heterocycles. The molecule has 0 aliphatic carbocycles. The maximum atomic E-state index is 11.8. The van der Waals surface area contributed by atoms with Gasteiger partial charge >= 0.3 is 36.4 Å². The molecule has 164 valence electrons. The molecule has 0 aromatic heterocycles. The molecule has 0 aliphatic rings. The van der Waals surface area contributed by atoms with Crippen LogP contribution >= 0.6 is 22.6 Å². The van der Waals surface area contributed by atoms with E-state index >= 15 is 0 Å². The first-order valence-electron chi connectivity index (χ1n) is 6.94. The Bertz CT molecular complexity index is 705. The van der Waals surface area contributed by atoms with Crippen LogP contribution in [-0.2, 0) is 25.5 Å². The van der Waals surface area contributed by atoms with Crippen molar-refractivity contribution in [1.29, 1.82) is 0 Å². The first-order chi connectivity index (χ1) is 13.0. The molecule has 1 N–H and O–H groups in total. The van der Waals surface area contributed by atoms with E-state index in [0.717, 1.165) is 9.13 Å². The molecule has 5 nitrogen and oxygen atoms in total. The molecule has 0 fully saturated rings. The van der Waals surface area contributed by atoms with E-state index in [2.05, 4.69) is 27.3 Å². The highest BCUT2D eigenvalue weighted by Gasteiger charge is 2.49. The van der Waals surface area contributed by atoms with Gasteiger partial charge in [-0.1, -0.05) is 18.2 Å². The number of benzene rings is 1. The van der Waals surface area contributed by atoms with Crippen LogP contribution in [0.3, 0.4) is 0 Å². The molecule has 0 unspecified atom stereocenters. The molecule has 0 saturated heterocycles. The van der Waals surface area contributed by atoms with E-state index < -0.39 is 36.4 Å². The lowest BCUT2D eigenvalue weighted by molar-refractivity contribution is -0.221. The van der Waals surface area contributed by atoms with Crippen LogP contribution in [-0.4, -0.2) is 42.9 Å². The average Bonchev–Trinajstić information content (AvgIpc) is 2.54. The lowest BCUT2D eigenvalue weighted by Crippen LogP contribution is -2.37. The van der Waals surface area contributed by atoms with E-state index in [-0.39, 0.29) is 6.54 Å². The highest BCUT2D eigenvalue weighted by molar-refractivity contribution is 14.1. The topological polar surface area (TPSA) is 72.5 Å². The summed E-state index contributed by atoms with van der Waals surface area (Å²) >= 11 is 2.10. The molecular formula is C14H9F9INO4. The number of amides is 1. The number of ether oxygens (including phenoxy) is 1. The van der Waals surface area contributed by atoms with Gasteiger partial charge in [-0.2, -0.15) is 39.5 Å². The lowest BCUT2D eigenvalue weighted by Gasteiger charge is -2.08. The summed E-state index contributed by atoms with van der Waals surface area (Å²) in [5, 5.41) is 1.83. The Morgan fingerprint density at radius 3 is 1.66 bits per heavy atom. The fourth-order valence-corrected chi connectivity index (χ4v) is 1.97. The van der Waals surface area contributed by atoms with E-state index in [0.29, 0.717) is 6.42 Å². The SMILES string of the molecule is O=C(NCCc1ccccc1I)C(F)(F)F.O=C(OC(=O)C(F)(F)F)C(F)(F)F. The minimum absolute atomic E-state index is 0.0155. The Kier molecular flexibility index (Phi) is 9.87. The van der Waals surface area contributed by atoms with Gasteiger partial charge in [0.15, 0.2) is 0 Å². The van der Waals surface area contributed by atoms with Crippen molar-refractivity contribution in [1.82, 2.24) is 5.32 Å². The van der Waals surface area contributed by atoms with Gasteiger partial charge < -0.3 is 10.1 Å². The third-order valence-electron chi connectivity index (χ3n) is 2.54. The second-order valence-corrected chi connectivity index (χ2v) is 5.93. The summed E-state index contributed by atoms with van der Waals surface area (Å²) in [6.45, 7) is -0.0155. The molecule has 0 atom stereocenters. The van der Waals surface area contributed by atoms with Crippen molar-refractivity contribution in [3.05, 3.63) is 33.4 Å². The lowest BCUT2D eigenvalue weighted by atomic mass is 10.1. The van der Waals surface area contributed by atoms with Crippen molar-refractivity contribution in [2.24, 2.45) is 0 Å². The van der Waals surface area contributed by atoms with E-state index in [9.17, 15) is 53.9 Å². The number of alkyl halides is 9. The standard InChI is InChI=1S/C10H9F3INO.C4F6O3/c11-10(12,13)9(16)15-6-5-7-3-1-2-4-8(7)14;5-3(6,7)1(11)13-2(12)4(8,9)10/h1-4H,5-6H2,(H,15,16);. The number of halogens is 10. The number of nitrogens with one attached hydrogen (secondary N) is 1. The Morgan fingerprint density at radius 2 is 1.28 bits per heavy atom. The van der Waals surface area contributed by atoms with Crippen LogP contribution in [0.5, 0.6) is 0 Å². The number of rotatable bonds is 3. The van der Waals surface area contributed by atoms with Crippen LogP contribution in [0, 0.1) is 3.57 Å². The normalized spacial score (nSPS) is 11.8. The Labute approximate surface area is 169 Å². The fraction of sp³-hybridized carbons (Fsp3) is 0.357. The monoisotopic (exact) mass is 553 g/mol. The first kappa shape index (κ1) is 26.9. The van der Waals surface area contributed by atoms with Crippen molar-refractivity contribution in [2.75, 3.05) is 6.54 Å². The van der Waals surface area contributed by atoms with Crippen LogP contribution in [0.25, 0.3) is 0 Å². The van der Waals surface area contributed by atoms with Gasteiger partial charge in [0, 0.05) is 10.1 Å². The fourth-order valence-electron chi connectivity index (χ4n) is 1.31. The molecule has 29 heavy (non-hydrogen) atoms. The van der Waals surface area contributed by atoms with Crippen LogP contribution < -0.4 is 5.32 Å². The smallest absolute Gasteiger partial charge is 0.380 e. The van der Waals surface area contributed by atoms with E-state index in [1.807, 2.05) is 29.6 Å². The van der Waals surface area contributed by atoms with Gasteiger partial charge in [-0.15, -0.1) is 0 Å². The quantitative estimate of drug-likeness (QED) is 0.269. The molecule has 0 radical (unpaired) electrons. The van der Waals surface area contributed by atoms with Crippen molar-refractivity contribution >= 4 is 40.4 Å². The summed E-state index contributed by atoms with van der Waals surface area (Å²) in [6, 6.07) is 7.34. The minimum Gasteiger partial charge on any atom is -0.380 e. The van der Waals surface area contributed by atoms with E-state index in [1.54, 1.807) is 0 Å². The van der Waals surface area contributed by atoms with Gasteiger partial charge in [0.25, 0.3) is 0 Å².